The standard InChI is InChI=1S/C19H28N4O2/c1-5-17-22-19-15(9-20-11-21-19)23(17)10-18(24)25-16-8-13(4)6-7-14(16)12(2)3/h9,11-14,16H,5-8,10H2,1-4H3/t13?,14?,16-/m1/s1. The molecule has 6 nitrogen and oxygen atoms in total. The van der Waals surface area contributed by atoms with Gasteiger partial charge in [-0.05, 0) is 30.6 Å². The number of carbonyl (C=O) groups is 1. The van der Waals surface area contributed by atoms with Crippen LogP contribution in [0.5, 0.6) is 0 Å². The average Bonchev–Trinajstić information content (AvgIpc) is 2.92. The van der Waals surface area contributed by atoms with E-state index in [-0.39, 0.29) is 18.6 Å². The second-order valence-corrected chi connectivity index (χ2v) is 7.55. The lowest BCUT2D eigenvalue weighted by Gasteiger charge is -2.36. The molecule has 1 saturated carbocycles. The second kappa shape index (κ2) is 7.50. The average molecular weight is 344 g/mol. The van der Waals surface area contributed by atoms with Crippen molar-refractivity contribution in [3.63, 3.8) is 0 Å². The number of hydrogen-bond acceptors (Lipinski definition) is 5. The van der Waals surface area contributed by atoms with Gasteiger partial charge in [0.25, 0.3) is 0 Å². The molecule has 2 heterocycles. The monoisotopic (exact) mass is 344 g/mol. The summed E-state index contributed by atoms with van der Waals surface area (Å²) in [6.07, 6.45) is 7.27. The fraction of sp³-hybridized carbons (Fsp3) is 0.684. The van der Waals surface area contributed by atoms with E-state index in [1.165, 1.54) is 12.7 Å². The first-order valence-corrected chi connectivity index (χ1v) is 9.34. The van der Waals surface area contributed by atoms with Crippen LogP contribution in [0, 0.1) is 17.8 Å². The molecule has 1 aliphatic rings. The Morgan fingerprint density at radius 1 is 1.40 bits per heavy atom. The van der Waals surface area contributed by atoms with Crippen molar-refractivity contribution in [2.75, 3.05) is 0 Å². The summed E-state index contributed by atoms with van der Waals surface area (Å²) in [6.45, 7) is 8.87. The Labute approximate surface area is 149 Å². The molecule has 25 heavy (non-hydrogen) atoms. The summed E-state index contributed by atoms with van der Waals surface area (Å²) in [5.74, 6) is 2.24. The smallest absolute Gasteiger partial charge is 0.326 e. The molecular formula is C19H28N4O2. The van der Waals surface area contributed by atoms with Crippen LogP contribution >= 0.6 is 0 Å². The summed E-state index contributed by atoms with van der Waals surface area (Å²) >= 11 is 0. The summed E-state index contributed by atoms with van der Waals surface area (Å²) in [6, 6.07) is 0. The molecule has 0 saturated heterocycles. The number of carbonyl (C=O) groups excluding carboxylic acids is 1. The van der Waals surface area contributed by atoms with Crippen molar-refractivity contribution in [1.82, 2.24) is 19.5 Å². The second-order valence-electron chi connectivity index (χ2n) is 7.55. The molecule has 2 aromatic heterocycles. The van der Waals surface area contributed by atoms with E-state index in [0.29, 0.717) is 23.4 Å². The molecule has 2 aromatic rings. The third kappa shape index (κ3) is 3.83. The van der Waals surface area contributed by atoms with Crippen LogP contribution in [0.15, 0.2) is 12.5 Å². The molecule has 0 aromatic carbocycles. The Balaban J connectivity index is 1.76. The Bertz CT molecular complexity index is 740. The lowest BCUT2D eigenvalue weighted by Crippen LogP contribution is -2.36. The number of rotatable bonds is 5. The maximum absolute atomic E-state index is 12.7. The molecule has 0 aliphatic heterocycles. The highest BCUT2D eigenvalue weighted by molar-refractivity contribution is 5.75. The van der Waals surface area contributed by atoms with Crippen LogP contribution in [0.2, 0.25) is 0 Å². The number of fused-ring (bicyclic) bond motifs is 1. The van der Waals surface area contributed by atoms with Gasteiger partial charge in [0.1, 0.15) is 30.3 Å². The van der Waals surface area contributed by atoms with Crippen LogP contribution in [0.3, 0.4) is 0 Å². The predicted molar refractivity (Wildman–Crippen MR) is 95.9 cm³/mol. The zero-order chi connectivity index (χ0) is 18.0. The molecule has 3 rings (SSSR count). The van der Waals surface area contributed by atoms with Gasteiger partial charge >= 0.3 is 5.97 Å². The maximum atomic E-state index is 12.7. The molecule has 6 heteroatoms. The van der Waals surface area contributed by atoms with Gasteiger partial charge in [-0.3, -0.25) is 4.79 Å². The van der Waals surface area contributed by atoms with E-state index < -0.39 is 0 Å². The SMILES string of the molecule is CCc1nc2ncncc2n1CC(=O)O[C@@H]1CC(C)CCC1C(C)C. The molecule has 0 N–H and O–H groups in total. The molecular weight excluding hydrogens is 316 g/mol. The van der Waals surface area contributed by atoms with Gasteiger partial charge in [0.05, 0.1) is 6.20 Å². The number of nitrogens with zero attached hydrogens (tertiary/aromatic N) is 4. The highest BCUT2D eigenvalue weighted by Crippen LogP contribution is 2.35. The van der Waals surface area contributed by atoms with Crippen molar-refractivity contribution >= 4 is 17.1 Å². The van der Waals surface area contributed by atoms with Crippen LogP contribution in [-0.2, 0) is 22.5 Å². The third-order valence-corrected chi connectivity index (χ3v) is 5.36. The summed E-state index contributed by atoms with van der Waals surface area (Å²) in [5.41, 5.74) is 1.42. The largest absolute Gasteiger partial charge is 0.461 e. The zero-order valence-corrected chi connectivity index (χ0v) is 15.6. The van der Waals surface area contributed by atoms with Crippen LogP contribution in [-0.4, -0.2) is 31.6 Å². The molecule has 0 radical (unpaired) electrons. The molecule has 2 unspecified atom stereocenters. The van der Waals surface area contributed by atoms with E-state index in [2.05, 4.69) is 35.7 Å². The fourth-order valence-corrected chi connectivity index (χ4v) is 3.95. The Morgan fingerprint density at radius 3 is 2.92 bits per heavy atom. The highest BCUT2D eigenvalue weighted by Gasteiger charge is 2.33. The van der Waals surface area contributed by atoms with E-state index in [0.717, 1.165) is 30.6 Å². The minimum Gasteiger partial charge on any atom is -0.461 e. The number of aryl methyl sites for hydroxylation is 1. The number of esters is 1. The molecule has 1 aliphatic carbocycles. The minimum absolute atomic E-state index is 0.0207. The molecule has 136 valence electrons. The van der Waals surface area contributed by atoms with Crippen LogP contribution in [0.4, 0.5) is 0 Å². The Kier molecular flexibility index (Phi) is 5.35. The van der Waals surface area contributed by atoms with Gasteiger partial charge in [0.15, 0.2) is 5.65 Å². The number of imidazole rings is 1. The quantitative estimate of drug-likeness (QED) is 0.778. The Hall–Kier alpha value is -1.98. The van der Waals surface area contributed by atoms with E-state index >= 15 is 0 Å². The lowest BCUT2D eigenvalue weighted by molar-refractivity contribution is -0.156. The number of hydrogen-bond donors (Lipinski definition) is 0. The van der Waals surface area contributed by atoms with Gasteiger partial charge in [-0.25, -0.2) is 15.0 Å². The van der Waals surface area contributed by atoms with Crippen molar-refractivity contribution in [2.24, 2.45) is 17.8 Å². The van der Waals surface area contributed by atoms with Crippen molar-refractivity contribution in [3.05, 3.63) is 18.3 Å². The summed E-state index contributed by atoms with van der Waals surface area (Å²) in [4.78, 5) is 25.4. The normalized spacial score (nSPS) is 24.0. The van der Waals surface area contributed by atoms with Crippen molar-refractivity contribution in [1.29, 1.82) is 0 Å². The van der Waals surface area contributed by atoms with Crippen molar-refractivity contribution in [3.8, 4) is 0 Å². The van der Waals surface area contributed by atoms with E-state index in [4.69, 9.17) is 4.74 Å². The first-order chi connectivity index (χ1) is 12.0. The molecule has 1 fully saturated rings. The minimum atomic E-state index is -0.192. The molecule has 0 spiro atoms. The van der Waals surface area contributed by atoms with Crippen molar-refractivity contribution < 1.29 is 9.53 Å². The first kappa shape index (κ1) is 17.8. The van der Waals surface area contributed by atoms with E-state index in [1.807, 2.05) is 11.5 Å². The molecule has 3 atom stereocenters. The van der Waals surface area contributed by atoms with Gasteiger partial charge in [-0.15, -0.1) is 0 Å². The van der Waals surface area contributed by atoms with Gasteiger partial charge < -0.3 is 9.30 Å². The topological polar surface area (TPSA) is 69.9 Å². The van der Waals surface area contributed by atoms with Crippen LogP contribution < -0.4 is 0 Å². The van der Waals surface area contributed by atoms with Gasteiger partial charge in [-0.2, -0.15) is 0 Å². The van der Waals surface area contributed by atoms with Crippen LogP contribution in [0.25, 0.3) is 11.2 Å². The Morgan fingerprint density at radius 2 is 2.20 bits per heavy atom. The van der Waals surface area contributed by atoms with Gasteiger partial charge in [0.2, 0.25) is 0 Å². The van der Waals surface area contributed by atoms with E-state index in [1.54, 1.807) is 6.20 Å². The molecule has 0 bridgehead atoms. The fourth-order valence-electron chi connectivity index (χ4n) is 3.95. The van der Waals surface area contributed by atoms with Crippen molar-refractivity contribution in [2.45, 2.75) is 66.0 Å². The lowest BCUT2D eigenvalue weighted by atomic mass is 9.75. The highest BCUT2D eigenvalue weighted by atomic mass is 16.5. The molecule has 0 amide bonds. The van der Waals surface area contributed by atoms with Gasteiger partial charge in [0, 0.05) is 6.42 Å². The maximum Gasteiger partial charge on any atom is 0.326 e. The van der Waals surface area contributed by atoms with Crippen LogP contribution in [0.1, 0.15) is 52.8 Å². The summed E-state index contributed by atoms with van der Waals surface area (Å²) in [7, 11) is 0. The number of aromatic nitrogens is 4. The van der Waals surface area contributed by atoms with E-state index in [9.17, 15) is 4.79 Å². The third-order valence-electron chi connectivity index (χ3n) is 5.36. The summed E-state index contributed by atoms with van der Waals surface area (Å²) < 4.78 is 7.81. The predicted octanol–water partition coefficient (Wildman–Crippen LogP) is 3.39. The number of ether oxygens (including phenoxy) is 1. The first-order valence-electron chi connectivity index (χ1n) is 9.34. The zero-order valence-electron chi connectivity index (χ0n) is 15.6. The summed E-state index contributed by atoms with van der Waals surface area (Å²) in [5, 5.41) is 0. The van der Waals surface area contributed by atoms with Gasteiger partial charge in [-0.1, -0.05) is 34.1 Å².